The Morgan fingerprint density at radius 1 is 1.39 bits per heavy atom. The third kappa shape index (κ3) is 3.89. The number of anilines is 1. The lowest BCUT2D eigenvalue weighted by molar-refractivity contribution is -0.141. The van der Waals surface area contributed by atoms with Gasteiger partial charge in [-0.3, -0.25) is 0 Å². The lowest BCUT2D eigenvalue weighted by atomic mass is 10.1. The Bertz CT molecular complexity index is 469. The standard InChI is InChI=1S/C11H13F3N4/c1-10(2,16)6-17-9-7(5-15)3-4-8(18-9)11(12,13)14/h3-4H,6,16H2,1-2H3,(H,17,18). The summed E-state index contributed by atoms with van der Waals surface area (Å²) in [7, 11) is 0. The summed E-state index contributed by atoms with van der Waals surface area (Å²) in [6, 6.07) is 3.64. The van der Waals surface area contributed by atoms with E-state index in [0.29, 0.717) is 0 Å². The summed E-state index contributed by atoms with van der Waals surface area (Å²) in [5, 5.41) is 11.5. The van der Waals surface area contributed by atoms with E-state index in [1.807, 2.05) is 0 Å². The Morgan fingerprint density at radius 3 is 2.44 bits per heavy atom. The van der Waals surface area contributed by atoms with Crippen molar-refractivity contribution in [1.82, 2.24) is 4.98 Å². The first kappa shape index (κ1) is 14.3. The molecule has 0 unspecified atom stereocenters. The van der Waals surface area contributed by atoms with Crippen molar-refractivity contribution in [1.29, 1.82) is 5.26 Å². The zero-order valence-corrected chi connectivity index (χ0v) is 9.97. The van der Waals surface area contributed by atoms with Crippen LogP contribution in [0.1, 0.15) is 25.1 Å². The minimum Gasteiger partial charge on any atom is -0.367 e. The fourth-order valence-electron chi connectivity index (χ4n) is 1.15. The first-order valence-corrected chi connectivity index (χ1v) is 5.14. The number of halogens is 3. The third-order valence-electron chi connectivity index (χ3n) is 2.02. The fraction of sp³-hybridized carbons (Fsp3) is 0.455. The minimum absolute atomic E-state index is 0.0484. The quantitative estimate of drug-likeness (QED) is 0.870. The zero-order valence-electron chi connectivity index (χ0n) is 9.97. The second kappa shape index (κ2) is 4.82. The maximum Gasteiger partial charge on any atom is 0.433 e. The van der Waals surface area contributed by atoms with Gasteiger partial charge in [0.15, 0.2) is 0 Å². The molecule has 0 radical (unpaired) electrons. The van der Waals surface area contributed by atoms with E-state index >= 15 is 0 Å². The molecule has 0 aromatic carbocycles. The molecule has 0 aliphatic carbocycles. The highest BCUT2D eigenvalue weighted by Gasteiger charge is 2.33. The van der Waals surface area contributed by atoms with E-state index in [9.17, 15) is 13.2 Å². The van der Waals surface area contributed by atoms with Gasteiger partial charge in [-0.15, -0.1) is 0 Å². The van der Waals surface area contributed by atoms with Crippen molar-refractivity contribution >= 4 is 5.82 Å². The van der Waals surface area contributed by atoms with Gasteiger partial charge in [-0.25, -0.2) is 4.98 Å². The monoisotopic (exact) mass is 258 g/mol. The minimum atomic E-state index is -4.54. The molecule has 4 nitrogen and oxygen atoms in total. The molecule has 3 N–H and O–H groups in total. The molecule has 1 heterocycles. The zero-order chi connectivity index (χ0) is 14.0. The highest BCUT2D eigenvalue weighted by atomic mass is 19.4. The molecule has 0 saturated heterocycles. The van der Waals surface area contributed by atoms with Gasteiger partial charge in [0.2, 0.25) is 0 Å². The Labute approximate surface area is 103 Å². The van der Waals surface area contributed by atoms with E-state index < -0.39 is 17.4 Å². The summed E-state index contributed by atoms with van der Waals surface area (Å²) in [6.45, 7) is 3.62. The van der Waals surface area contributed by atoms with Gasteiger partial charge in [0, 0.05) is 12.1 Å². The molecule has 0 amide bonds. The van der Waals surface area contributed by atoms with Crippen LogP contribution in [0, 0.1) is 11.3 Å². The number of hydrogen-bond donors (Lipinski definition) is 2. The van der Waals surface area contributed by atoms with Crippen LogP contribution in [0.5, 0.6) is 0 Å². The van der Waals surface area contributed by atoms with Gasteiger partial charge in [-0.1, -0.05) is 0 Å². The van der Waals surface area contributed by atoms with Crippen LogP contribution < -0.4 is 11.1 Å². The summed E-state index contributed by atoms with van der Waals surface area (Å²) >= 11 is 0. The Morgan fingerprint density at radius 2 is 2.00 bits per heavy atom. The smallest absolute Gasteiger partial charge is 0.367 e. The average molecular weight is 258 g/mol. The SMILES string of the molecule is CC(C)(N)CNc1nc(C(F)(F)F)ccc1C#N. The van der Waals surface area contributed by atoms with Crippen molar-refractivity contribution in [3.63, 3.8) is 0 Å². The lowest BCUT2D eigenvalue weighted by Gasteiger charge is -2.20. The molecule has 1 aromatic rings. The largest absolute Gasteiger partial charge is 0.433 e. The predicted octanol–water partition coefficient (Wildman–Crippen LogP) is 2.12. The van der Waals surface area contributed by atoms with Crippen molar-refractivity contribution in [2.75, 3.05) is 11.9 Å². The van der Waals surface area contributed by atoms with Crippen LogP contribution in [0.4, 0.5) is 19.0 Å². The molecular weight excluding hydrogens is 245 g/mol. The molecule has 0 saturated carbocycles. The van der Waals surface area contributed by atoms with Gasteiger partial charge >= 0.3 is 6.18 Å². The van der Waals surface area contributed by atoms with E-state index in [1.165, 1.54) is 0 Å². The molecule has 0 aliphatic heterocycles. The van der Waals surface area contributed by atoms with Crippen molar-refractivity contribution in [2.24, 2.45) is 5.73 Å². The Balaban J connectivity index is 3.05. The molecule has 1 rings (SSSR count). The highest BCUT2D eigenvalue weighted by molar-refractivity contribution is 5.52. The van der Waals surface area contributed by atoms with E-state index in [0.717, 1.165) is 12.1 Å². The van der Waals surface area contributed by atoms with Crippen LogP contribution >= 0.6 is 0 Å². The molecule has 0 spiro atoms. The summed E-state index contributed by atoms with van der Waals surface area (Å²) in [6.07, 6.45) is -4.54. The van der Waals surface area contributed by atoms with Crippen LogP contribution in [0.3, 0.4) is 0 Å². The number of nitriles is 1. The first-order valence-electron chi connectivity index (χ1n) is 5.14. The number of alkyl halides is 3. The van der Waals surface area contributed by atoms with E-state index in [1.54, 1.807) is 19.9 Å². The maximum atomic E-state index is 12.5. The number of rotatable bonds is 3. The van der Waals surface area contributed by atoms with Crippen LogP contribution in [0.25, 0.3) is 0 Å². The second-order valence-electron chi connectivity index (χ2n) is 4.54. The summed E-state index contributed by atoms with van der Waals surface area (Å²) in [5.74, 6) is -0.106. The molecule has 0 atom stereocenters. The number of nitrogens with one attached hydrogen (secondary N) is 1. The Kier molecular flexibility index (Phi) is 3.82. The Hall–Kier alpha value is -1.81. The molecule has 7 heteroatoms. The third-order valence-corrected chi connectivity index (χ3v) is 2.02. The van der Waals surface area contributed by atoms with E-state index in [-0.39, 0.29) is 17.9 Å². The molecular formula is C11H13F3N4. The summed E-state index contributed by atoms with van der Waals surface area (Å²) in [5.41, 5.74) is 4.09. The van der Waals surface area contributed by atoms with Crippen LogP contribution in [0.2, 0.25) is 0 Å². The van der Waals surface area contributed by atoms with Crippen LogP contribution in [-0.2, 0) is 6.18 Å². The van der Waals surface area contributed by atoms with Crippen LogP contribution in [-0.4, -0.2) is 17.1 Å². The number of aromatic nitrogens is 1. The van der Waals surface area contributed by atoms with Crippen molar-refractivity contribution in [3.05, 3.63) is 23.4 Å². The van der Waals surface area contributed by atoms with Crippen molar-refractivity contribution in [2.45, 2.75) is 25.6 Å². The number of nitrogens with zero attached hydrogens (tertiary/aromatic N) is 2. The second-order valence-corrected chi connectivity index (χ2v) is 4.54. The van der Waals surface area contributed by atoms with Gasteiger partial charge in [-0.2, -0.15) is 18.4 Å². The molecule has 98 valence electrons. The van der Waals surface area contributed by atoms with Gasteiger partial charge in [-0.05, 0) is 26.0 Å². The van der Waals surface area contributed by atoms with Crippen molar-refractivity contribution < 1.29 is 13.2 Å². The molecule has 0 aliphatic rings. The average Bonchev–Trinajstić information content (AvgIpc) is 2.23. The van der Waals surface area contributed by atoms with Crippen LogP contribution in [0.15, 0.2) is 12.1 Å². The lowest BCUT2D eigenvalue weighted by Crippen LogP contribution is -2.40. The van der Waals surface area contributed by atoms with Gasteiger partial charge < -0.3 is 11.1 Å². The summed E-state index contributed by atoms with van der Waals surface area (Å²) < 4.78 is 37.4. The number of hydrogen-bond acceptors (Lipinski definition) is 4. The van der Waals surface area contributed by atoms with Gasteiger partial charge in [0.25, 0.3) is 0 Å². The molecule has 1 aromatic heterocycles. The first-order chi connectivity index (χ1) is 8.13. The molecule has 0 bridgehead atoms. The number of pyridine rings is 1. The van der Waals surface area contributed by atoms with Gasteiger partial charge in [0.05, 0.1) is 5.56 Å². The topological polar surface area (TPSA) is 74.7 Å². The maximum absolute atomic E-state index is 12.5. The normalized spacial score (nSPS) is 12.1. The van der Waals surface area contributed by atoms with Crippen molar-refractivity contribution in [3.8, 4) is 6.07 Å². The van der Waals surface area contributed by atoms with E-state index in [2.05, 4.69) is 10.3 Å². The highest BCUT2D eigenvalue weighted by Crippen LogP contribution is 2.29. The predicted molar refractivity (Wildman–Crippen MR) is 60.7 cm³/mol. The molecule has 0 fully saturated rings. The van der Waals surface area contributed by atoms with Gasteiger partial charge in [0.1, 0.15) is 17.6 Å². The van der Waals surface area contributed by atoms with E-state index in [4.69, 9.17) is 11.0 Å². The summed E-state index contributed by atoms with van der Waals surface area (Å²) in [4.78, 5) is 3.40. The number of nitrogens with two attached hydrogens (primary N) is 1. The molecule has 18 heavy (non-hydrogen) atoms. The fourth-order valence-corrected chi connectivity index (χ4v) is 1.15.